The van der Waals surface area contributed by atoms with Crippen LogP contribution in [0, 0.1) is 0 Å². The summed E-state index contributed by atoms with van der Waals surface area (Å²) in [5, 5.41) is 2.96. The molecule has 15 heavy (non-hydrogen) atoms. The summed E-state index contributed by atoms with van der Waals surface area (Å²) in [6.07, 6.45) is 0.493. The van der Waals surface area contributed by atoms with Crippen LogP contribution in [0.15, 0.2) is 0 Å². The van der Waals surface area contributed by atoms with Gasteiger partial charge in [0.2, 0.25) is 0 Å². The normalized spacial score (nSPS) is 13.5. The van der Waals surface area contributed by atoms with Crippen LogP contribution in [0.1, 0.15) is 19.8 Å². The minimum absolute atomic E-state index is 0.0627. The van der Waals surface area contributed by atoms with Crippen molar-refractivity contribution in [2.75, 3.05) is 25.7 Å². The smallest absolute Gasteiger partial charge is 0.306 e. The van der Waals surface area contributed by atoms with Gasteiger partial charge < -0.3 is 10.1 Å². The topological polar surface area (TPSA) is 72.5 Å². The molecule has 0 amide bonds. The monoisotopic (exact) mass is 237 g/mol. The van der Waals surface area contributed by atoms with E-state index in [0.29, 0.717) is 6.42 Å². The maximum atomic E-state index is 11.4. The SMILES string of the molecule is CNC(C)CCS(=O)(=O)CCC(=O)OC. The van der Waals surface area contributed by atoms with Crippen molar-refractivity contribution in [3.05, 3.63) is 0 Å². The lowest BCUT2D eigenvalue weighted by Crippen LogP contribution is -2.25. The number of ether oxygens (including phenoxy) is 1. The zero-order valence-electron chi connectivity index (χ0n) is 9.45. The number of carbonyl (C=O) groups excluding carboxylic acids is 1. The van der Waals surface area contributed by atoms with Crippen LogP contribution in [0.5, 0.6) is 0 Å². The fourth-order valence-electron chi connectivity index (χ4n) is 0.944. The van der Waals surface area contributed by atoms with Gasteiger partial charge in [0.05, 0.1) is 25.0 Å². The summed E-state index contributed by atoms with van der Waals surface area (Å²) in [6.45, 7) is 1.91. The van der Waals surface area contributed by atoms with E-state index >= 15 is 0 Å². The number of sulfone groups is 1. The molecule has 0 radical (unpaired) electrons. The van der Waals surface area contributed by atoms with Crippen LogP contribution in [0.4, 0.5) is 0 Å². The van der Waals surface area contributed by atoms with Crippen molar-refractivity contribution in [3.63, 3.8) is 0 Å². The minimum atomic E-state index is -3.13. The van der Waals surface area contributed by atoms with Crippen LogP contribution in [0.3, 0.4) is 0 Å². The molecule has 0 aliphatic carbocycles. The molecule has 0 spiro atoms. The van der Waals surface area contributed by atoms with Crippen LogP contribution < -0.4 is 5.32 Å². The van der Waals surface area contributed by atoms with E-state index in [1.165, 1.54) is 7.11 Å². The van der Waals surface area contributed by atoms with Crippen molar-refractivity contribution in [2.24, 2.45) is 0 Å². The summed E-state index contributed by atoms with van der Waals surface area (Å²) in [6, 6.07) is 0.165. The Labute approximate surface area is 91.1 Å². The summed E-state index contributed by atoms with van der Waals surface area (Å²) < 4.78 is 27.2. The fourth-order valence-corrected chi connectivity index (χ4v) is 2.34. The average molecular weight is 237 g/mol. The van der Waals surface area contributed by atoms with E-state index in [4.69, 9.17) is 0 Å². The Kier molecular flexibility index (Phi) is 6.51. The minimum Gasteiger partial charge on any atom is -0.469 e. The molecule has 1 unspecified atom stereocenters. The third-order valence-electron chi connectivity index (χ3n) is 2.20. The molecule has 0 aromatic rings. The van der Waals surface area contributed by atoms with E-state index in [0.717, 1.165) is 0 Å². The van der Waals surface area contributed by atoms with Gasteiger partial charge in [0.1, 0.15) is 0 Å². The summed E-state index contributed by atoms with van der Waals surface area (Å²) in [5.74, 6) is -0.512. The van der Waals surface area contributed by atoms with Gasteiger partial charge in [-0.2, -0.15) is 0 Å². The van der Waals surface area contributed by atoms with Gasteiger partial charge in [0, 0.05) is 6.04 Å². The molecule has 0 bridgehead atoms. The van der Waals surface area contributed by atoms with E-state index in [1.54, 1.807) is 7.05 Å². The molecular formula is C9H19NO4S. The zero-order valence-corrected chi connectivity index (χ0v) is 10.3. The second-order valence-electron chi connectivity index (χ2n) is 3.46. The highest BCUT2D eigenvalue weighted by Crippen LogP contribution is 2.00. The molecule has 1 N–H and O–H groups in total. The molecule has 6 heteroatoms. The predicted octanol–water partition coefficient (Wildman–Crippen LogP) is -0.0377. The highest BCUT2D eigenvalue weighted by molar-refractivity contribution is 7.91. The maximum absolute atomic E-state index is 11.4. The van der Waals surface area contributed by atoms with E-state index in [2.05, 4.69) is 10.1 Å². The molecule has 0 aromatic carbocycles. The standard InChI is InChI=1S/C9H19NO4S/c1-8(10-2)4-6-15(12,13)7-5-9(11)14-3/h8,10H,4-7H2,1-3H3. The van der Waals surface area contributed by atoms with Gasteiger partial charge in [-0.3, -0.25) is 4.79 Å². The number of nitrogens with one attached hydrogen (secondary N) is 1. The lowest BCUT2D eigenvalue weighted by atomic mass is 10.3. The second kappa shape index (κ2) is 6.79. The molecule has 1 atom stereocenters. The lowest BCUT2D eigenvalue weighted by Gasteiger charge is -2.09. The first-order valence-electron chi connectivity index (χ1n) is 4.86. The van der Waals surface area contributed by atoms with Crippen molar-refractivity contribution in [1.29, 1.82) is 0 Å². The Hall–Kier alpha value is -0.620. The molecule has 0 saturated heterocycles. The van der Waals surface area contributed by atoms with E-state index in [9.17, 15) is 13.2 Å². The quantitative estimate of drug-likeness (QED) is 0.629. The summed E-state index contributed by atoms with van der Waals surface area (Å²) >= 11 is 0. The Morgan fingerprint density at radius 2 is 2.00 bits per heavy atom. The van der Waals surface area contributed by atoms with E-state index < -0.39 is 15.8 Å². The third kappa shape index (κ3) is 7.33. The fraction of sp³-hybridized carbons (Fsp3) is 0.889. The average Bonchev–Trinajstić information content (AvgIpc) is 2.22. The Morgan fingerprint density at radius 1 is 1.40 bits per heavy atom. The zero-order chi connectivity index (χ0) is 11.9. The Balaban J connectivity index is 3.93. The van der Waals surface area contributed by atoms with Crippen molar-refractivity contribution < 1.29 is 17.9 Å². The first kappa shape index (κ1) is 14.4. The summed E-state index contributed by atoms with van der Waals surface area (Å²) in [4.78, 5) is 10.8. The largest absolute Gasteiger partial charge is 0.469 e. The first-order chi connectivity index (χ1) is 6.91. The van der Waals surface area contributed by atoms with Gasteiger partial charge in [-0.1, -0.05) is 0 Å². The maximum Gasteiger partial charge on any atom is 0.306 e. The van der Waals surface area contributed by atoms with Crippen molar-refractivity contribution in [1.82, 2.24) is 5.32 Å². The molecule has 0 aliphatic heterocycles. The second-order valence-corrected chi connectivity index (χ2v) is 5.76. The molecule has 90 valence electrons. The molecule has 0 saturated carbocycles. The molecule has 0 aromatic heterocycles. The van der Waals surface area contributed by atoms with Gasteiger partial charge in [-0.05, 0) is 20.4 Å². The van der Waals surface area contributed by atoms with Crippen LogP contribution >= 0.6 is 0 Å². The summed E-state index contributed by atoms with van der Waals surface area (Å²) in [5.41, 5.74) is 0. The number of rotatable bonds is 7. The lowest BCUT2D eigenvalue weighted by molar-refractivity contribution is -0.140. The molecule has 0 heterocycles. The van der Waals surface area contributed by atoms with Gasteiger partial charge in [0.25, 0.3) is 0 Å². The summed E-state index contributed by atoms with van der Waals surface area (Å²) in [7, 11) is -0.101. The van der Waals surface area contributed by atoms with Crippen LogP contribution in [-0.2, 0) is 19.4 Å². The van der Waals surface area contributed by atoms with Gasteiger partial charge in [-0.25, -0.2) is 8.42 Å². The molecule has 0 aliphatic rings. The molecule has 0 fully saturated rings. The molecular weight excluding hydrogens is 218 g/mol. The van der Waals surface area contributed by atoms with E-state index in [-0.39, 0.29) is 24.0 Å². The number of esters is 1. The van der Waals surface area contributed by atoms with E-state index in [1.807, 2.05) is 6.92 Å². The van der Waals surface area contributed by atoms with Crippen molar-refractivity contribution in [2.45, 2.75) is 25.8 Å². The van der Waals surface area contributed by atoms with Crippen molar-refractivity contribution >= 4 is 15.8 Å². The van der Waals surface area contributed by atoms with Crippen LogP contribution in [0.25, 0.3) is 0 Å². The van der Waals surface area contributed by atoms with Crippen molar-refractivity contribution in [3.8, 4) is 0 Å². The molecule has 0 rings (SSSR count). The Bertz CT molecular complexity index is 286. The van der Waals surface area contributed by atoms with Gasteiger partial charge in [-0.15, -0.1) is 0 Å². The van der Waals surface area contributed by atoms with Gasteiger partial charge in [0.15, 0.2) is 9.84 Å². The number of carbonyl (C=O) groups is 1. The Morgan fingerprint density at radius 3 is 2.47 bits per heavy atom. The first-order valence-corrected chi connectivity index (χ1v) is 6.68. The van der Waals surface area contributed by atoms with Crippen LogP contribution in [-0.4, -0.2) is 46.1 Å². The molecule has 5 nitrogen and oxygen atoms in total. The van der Waals surface area contributed by atoms with Crippen LogP contribution in [0.2, 0.25) is 0 Å². The highest BCUT2D eigenvalue weighted by atomic mass is 32.2. The number of hydrogen-bond acceptors (Lipinski definition) is 5. The third-order valence-corrected chi connectivity index (χ3v) is 3.88. The predicted molar refractivity (Wildman–Crippen MR) is 58.4 cm³/mol. The number of hydrogen-bond donors (Lipinski definition) is 1. The number of methoxy groups -OCH3 is 1. The van der Waals surface area contributed by atoms with Gasteiger partial charge >= 0.3 is 5.97 Å². The highest BCUT2D eigenvalue weighted by Gasteiger charge is 2.14.